The van der Waals surface area contributed by atoms with Crippen molar-refractivity contribution in [2.45, 2.75) is 11.8 Å². The van der Waals surface area contributed by atoms with Crippen LogP contribution in [-0.4, -0.2) is 60.6 Å². The smallest absolute Gasteiger partial charge is 0.288 e. The second kappa shape index (κ2) is 6.95. The highest BCUT2D eigenvalue weighted by Gasteiger charge is 2.30. The number of nitrogens with one attached hydrogen (secondary N) is 1. The number of methoxy groups -OCH3 is 1. The number of benzene rings is 1. The molecule has 0 aliphatic carbocycles. The van der Waals surface area contributed by atoms with Gasteiger partial charge in [0.2, 0.25) is 10.0 Å². The number of aromatic amines is 1. The van der Waals surface area contributed by atoms with Crippen LogP contribution in [0.25, 0.3) is 5.52 Å². The van der Waals surface area contributed by atoms with Gasteiger partial charge in [-0.15, -0.1) is 0 Å². The summed E-state index contributed by atoms with van der Waals surface area (Å²) in [5, 5.41) is 6.24. The maximum atomic E-state index is 13.1. The lowest BCUT2D eigenvalue weighted by Gasteiger charge is -2.35. The van der Waals surface area contributed by atoms with Gasteiger partial charge in [-0.2, -0.15) is 9.40 Å². The molecule has 1 aromatic carbocycles. The number of rotatable bonds is 4. The highest BCUT2D eigenvalue weighted by molar-refractivity contribution is 7.89. The van der Waals surface area contributed by atoms with Crippen molar-refractivity contribution >= 4 is 21.2 Å². The normalized spacial score (nSPS) is 15.9. The number of nitrogens with zero attached hydrogens (tertiary/aromatic N) is 4. The molecule has 1 saturated heterocycles. The highest BCUT2D eigenvalue weighted by atomic mass is 32.2. The molecular weight excluding hydrogens is 382 g/mol. The second-order valence-corrected chi connectivity index (χ2v) is 8.56. The van der Waals surface area contributed by atoms with Gasteiger partial charge >= 0.3 is 0 Å². The van der Waals surface area contributed by atoms with E-state index in [0.29, 0.717) is 32.0 Å². The Morgan fingerprint density at radius 1 is 1.11 bits per heavy atom. The first-order valence-electron chi connectivity index (χ1n) is 8.87. The van der Waals surface area contributed by atoms with Crippen LogP contribution in [0.15, 0.2) is 46.2 Å². The summed E-state index contributed by atoms with van der Waals surface area (Å²) in [6.07, 6.45) is 1.46. The fraction of sp³-hybridized carbons (Fsp3) is 0.333. The Morgan fingerprint density at radius 3 is 2.39 bits per heavy atom. The second-order valence-electron chi connectivity index (χ2n) is 6.62. The third-order valence-corrected chi connectivity index (χ3v) is 6.87. The summed E-state index contributed by atoms with van der Waals surface area (Å²) in [6, 6.07) is 9.11. The number of hydrogen-bond acceptors (Lipinski definition) is 6. The summed E-state index contributed by atoms with van der Waals surface area (Å²) in [5.41, 5.74) is 0.875. The molecule has 148 valence electrons. The minimum absolute atomic E-state index is 0.104. The van der Waals surface area contributed by atoms with Crippen LogP contribution in [0.1, 0.15) is 5.82 Å². The average Bonchev–Trinajstić information content (AvgIpc) is 3.19. The van der Waals surface area contributed by atoms with Gasteiger partial charge in [-0.3, -0.25) is 9.20 Å². The molecule has 2 aromatic heterocycles. The molecule has 28 heavy (non-hydrogen) atoms. The van der Waals surface area contributed by atoms with E-state index in [9.17, 15) is 13.2 Å². The molecule has 0 amide bonds. The fourth-order valence-corrected chi connectivity index (χ4v) is 4.84. The molecule has 0 saturated carbocycles. The molecule has 1 aliphatic heterocycles. The van der Waals surface area contributed by atoms with E-state index in [1.54, 1.807) is 14.0 Å². The monoisotopic (exact) mass is 403 g/mol. The number of ether oxygens (including phenoxy) is 1. The first-order chi connectivity index (χ1) is 13.4. The molecule has 1 fully saturated rings. The Hall–Kier alpha value is -2.85. The third-order valence-electron chi connectivity index (χ3n) is 5.01. The summed E-state index contributed by atoms with van der Waals surface area (Å²) in [6.45, 7) is 3.61. The van der Waals surface area contributed by atoms with Crippen LogP contribution >= 0.6 is 0 Å². The Bertz CT molecular complexity index is 1160. The Labute approximate surface area is 162 Å². The molecule has 3 heterocycles. The van der Waals surface area contributed by atoms with Crippen LogP contribution in [0.2, 0.25) is 0 Å². The lowest BCUT2D eigenvalue weighted by atomic mass is 10.2. The summed E-state index contributed by atoms with van der Waals surface area (Å²) >= 11 is 0. The molecule has 0 unspecified atom stereocenters. The van der Waals surface area contributed by atoms with Gasteiger partial charge in [-0.25, -0.2) is 13.5 Å². The van der Waals surface area contributed by atoms with Crippen molar-refractivity contribution in [2.24, 2.45) is 0 Å². The number of fused-ring (bicyclic) bond motifs is 1. The van der Waals surface area contributed by atoms with Crippen LogP contribution in [0.4, 0.5) is 5.69 Å². The number of aryl methyl sites for hydroxylation is 1. The predicted molar refractivity (Wildman–Crippen MR) is 105 cm³/mol. The topological polar surface area (TPSA) is 100 Å². The van der Waals surface area contributed by atoms with E-state index in [1.165, 1.54) is 21.0 Å². The Balaban J connectivity index is 1.54. The SMILES string of the molecule is COc1ccc(N2CCN(S(=O)(=O)c3cc4c(=O)[nH]nc(C)n4c3)CC2)cc1. The summed E-state index contributed by atoms with van der Waals surface area (Å²) in [7, 11) is -2.07. The van der Waals surface area contributed by atoms with Crippen molar-refractivity contribution in [2.75, 3.05) is 38.2 Å². The van der Waals surface area contributed by atoms with Crippen molar-refractivity contribution in [3.05, 3.63) is 52.7 Å². The van der Waals surface area contributed by atoms with Crippen molar-refractivity contribution in [1.29, 1.82) is 0 Å². The van der Waals surface area contributed by atoms with E-state index in [1.807, 2.05) is 24.3 Å². The highest BCUT2D eigenvalue weighted by Crippen LogP contribution is 2.24. The lowest BCUT2D eigenvalue weighted by Crippen LogP contribution is -2.48. The van der Waals surface area contributed by atoms with Gasteiger partial charge in [0.05, 0.1) is 7.11 Å². The van der Waals surface area contributed by atoms with Gasteiger partial charge < -0.3 is 9.64 Å². The first-order valence-corrected chi connectivity index (χ1v) is 10.3. The molecule has 1 N–H and O–H groups in total. The van der Waals surface area contributed by atoms with Gasteiger partial charge in [0.15, 0.2) is 0 Å². The van der Waals surface area contributed by atoms with Crippen LogP contribution in [0, 0.1) is 6.92 Å². The van der Waals surface area contributed by atoms with Gasteiger partial charge in [0, 0.05) is 38.1 Å². The van der Waals surface area contributed by atoms with E-state index < -0.39 is 15.6 Å². The minimum atomic E-state index is -3.69. The van der Waals surface area contributed by atoms with E-state index in [0.717, 1.165) is 11.4 Å². The predicted octanol–water partition coefficient (Wildman–Crippen LogP) is 0.851. The maximum absolute atomic E-state index is 13.1. The van der Waals surface area contributed by atoms with E-state index in [-0.39, 0.29) is 10.4 Å². The maximum Gasteiger partial charge on any atom is 0.288 e. The zero-order valence-corrected chi connectivity index (χ0v) is 16.4. The summed E-state index contributed by atoms with van der Waals surface area (Å²) in [4.78, 5) is 14.2. The number of aromatic nitrogens is 3. The molecule has 4 rings (SSSR count). The van der Waals surface area contributed by atoms with Gasteiger partial charge in [0.25, 0.3) is 5.56 Å². The molecular formula is C18H21N5O4S. The molecule has 3 aromatic rings. The summed E-state index contributed by atoms with van der Waals surface area (Å²) < 4.78 is 34.2. The van der Waals surface area contributed by atoms with Crippen molar-refractivity contribution in [3.63, 3.8) is 0 Å². The van der Waals surface area contributed by atoms with Crippen LogP contribution < -0.4 is 15.2 Å². The Morgan fingerprint density at radius 2 is 1.79 bits per heavy atom. The van der Waals surface area contributed by atoms with Crippen molar-refractivity contribution in [3.8, 4) is 5.75 Å². The summed E-state index contributed by atoms with van der Waals surface area (Å²) in [5.74, 6) is 1.30. The van der Waals surface area contributed by atoms with Crippen LogP contribution in [0.5, 0.6) is 5.75 Å². The first kappa shape index (κ1) is 18.5. The number of piperazine rings is 1. The van der Waals surface area contributed by atoms with Crippen molar-refractivity contribution < 1.29 is 13.2 Å². The van der Waals surface area contributed by atoms with Gasteiger partial charge in [-0.05, 0) is 37.3 Å². The molecule has 0 radical (unpaired) electrons. The van der Waals surface area contributed by atoms with E-state index in [2.05, 4.69) is 15.1 Å². The zero-order chi connectivity index (χ0) is 19.9. The zero-order valence-electron chi connectivity index (χ0n) is 15.6. The number of sulfonamides is 1. The average molecular weight is 403 g/mol. The number of H-pyrrole nitrogens is 1. The molecule has 1 aliphatic rings. The standard InChI is InChI=1S/C18H21N5O4S/c1-13-19-20-18(24)17-11-16(12-23(13)17)28(25,26)22-9-7-21(8-10-22)14-3-5-15(27-2)6-4-14/h3-6,11-12H,7-10H2,1-2H3,(H,20,24). The molecule has 0 spiro atoms. The van der Waals surface area contributed by atoms with E-state index >= 15 is 0 Å². The third kappa shape index (κ3) is 3.14. The molecule has 0 atom stereocenters. The van der Waals surface area contributed by atoms with Gasteiger partial charge in [0.1, 0.15) is 22.0 Å². The minimum Gasteiger partial charge on any atom is -0.497 e. The largest absolute Gasteiger partial charge is 0.497 e. The fourth-order valence-electron chi connectivity index (χ4n) is 3.39. The van der Waals surface area contributed by atoms with Gasteiger partial charge in [-0.1, -0.05) is 0 Å². The van der Waals surface area contributed by atoms with E-state index in [4.69, 9.17) is 4.74 Å². The van der Waals surface area contributed by atoms with Crippen LogP contribution in [0.3, 0.4) is 0 Å². The quantitative estimate of drug-likeness (QED) is 0.693. The molecule has 9 nitrogen and oxygen atoms in total. The number of anilines is 1. The molecule has 10 heteroatoms. The Kier molecular flexibility index (Phi) is 4.60. The number of hydrogen-bond donors (Lipinski definition) is 1. The lowest BCUT2D eigenvalue weighted by molar-refractivity contribution is 0.384. The van der Waals surface area contributed by atoms with Crippen LogP contribution in [-0.2, 0) is 10.0 Å². The molecule has 0 bridgehead atoms. The van der Waals surface area contributed by atoms with Crippen molar-refractivity contribution in [1.82, 2.24) is 18.9 Å².